The van der Waals surface area contributed by atoms with Crippen molar-refractivity contribution in [2.75, 3.05) is 0 Å². The van der Waals surface area contributed by atoms with E-state index in [1.54, 1.807) is 5.57 Å². The summed E-state index contributed by atoms with van der Waals surface area (Å²) in [5.41, 5.74) is 2.41. The molecule has 5 atom stereocenters. The summed E-state index contributed by atoms with van der Waals surface area (Å²) in [6.07, 6.45) is 16.5. The highest BCUT2D eigenvalue weighted by molar-refractivity contribution is 5.79. The molecule has 0 N–H and O–H groups in total. The Kier molecular flexibility index (Phi) is 4.60. The molecule has 0 aliphatic heterocycles. The summed E-state index contributed by atoms with van der Waals surface area (Å²) < 4.78 is 0. The second kappa shape index (κ2) is 6.22. The summed E-state index contributed by atoms with van der Waals surface area (Å²) in [7, 11) is 0. The molecule has 5 unspecified atom stereocenters. The van der Waals surface area contributed by atoms with Gasteiger partial charge in [-0.25, -0.2) is 0 Å². The zero-order valence-electron chi connectivity index (χ0n) is 15.5. The standard InChI is InChI=1S/C20H28O.C2H6/c1-19-11-3-4-17(19)16-8-6-14-5-7-15(21)9-13-20(14,2)18(16)10-12-19;1-2/h3,6,11,16-18H,4-5,7-10,12-13H2,1-2H3;1-2H3. The average Bonchev–Trinajstić information content (AvgIpc) is 2.89. The maximum absolute atomic E-state index is 11.9. The molecule has 2 saturated carbocycles. The number of fused-ring (bicyclic) bond motifs is 5. The number of hydrogen-bond acceptors (Lipinski definition) is 1. The maximum atomic E-state index is 11.9. The van der Waals surface area contributed by atoms with Gasteiger partial charge >= 0.3 is 0 Å². The van der Waals surface area contributed by atoms with Gasteiger partial charge in [0.1, 0.15) is 5.78 Å². The van der Waals surface area contributed by atoms with Gasteiger partial charge in [-0.1, -0.05) is 51.5 Å². The van der Waals surface area contributed by atoms with Crippen molar-refractivity contribution in [3.05, 3.63) is 23.8 Å². The molecule has 0 bridgehead atoms. The summed E-state index contributed by atoms with van der Waals surface area (Å²) in [6, 6.07) is 0. The fourth-order valence-electron chi connectivity index (χ4n) is 6.17. The lowest BCUT2D eigenvalue weighted by Gasteiger charge is -2.55. The quantitative estimate of drug-likeness (QED) is 0.494. The first-order valence-corrected chi connectivity index (χ1v) is 9.92. The van der Waals surface area contributed by atoms with Crippen LogP contribution in [0.5, 0.6) is 0 Å². The number of ketones is 1. The summed E-state index contributed by atoms with van der Waals surface area (Å²) in [5.74, 6) is 3.01. The van der Waals surface area contributed by atoms with Crippen molar-refractivity contribution in [2.24, 2.45) is 28.6 Å². The van der Waals surface area contributed by atoms with Crippen LogP contribution in [0, 0.1) is 28.6 Å². The number of rotatable bonds is 0. The maximum Gasteiger partial charge on any atom is 0.133 e. The molecule has 1 nitrogen and oxygen atoms in total. The van der Waals surface area contributed by atoms with Crippen molar-refractivity contribution in [1.82, 2.24) is 0 Å². The molecule has 23 heavy (non-hydrogen) atoms. The molecule has 1 heteroatoms. The molecule has 4 aliphatic carbocycles. The van der Waals surface area contributed by atoms with E-state index < -0.39 is 0 Å². The molecule has 0 aromatic carbocycles. The normalized spacial score (nSPS) is 45.0. The molecule has 0 saturated heterocycles. The van der Waals surface area contributed by atoms with Gasteiger partial charge < -0.3 is 0 Å². The smallest absolute Gasteiger partial charge is 0.133 e. The van der Waals surface area contributed by atoms with Crippen LogP contribution < -0.4 is 0 Å². The second-order valence-electron chi connectivity index (χ2n) is 8.48. The van der Waals surface area contributed by atoms with Crippen LogP contribution in [0.1, 0.15) is 79.1 Å². The molecule has 0 radical (unpaired) electrons. The van der Waals surface area contributed by atoms with E-state index in [-0.39, 0.29) is 0 Å². The van der Waals surface area contributed by atoms with E-state index in [0.29, 0.717) is 16.6 Å². The Labute approximate surface area is 142 Å². The van der Waals surface area contributed by atoms with Crippen molar-refractivity contribution in [1.29, 1.82) is 0 Å². The van der Waals surface area contributed by atoms with Gasteiger partial charge in [-0.3, -0.25) is 4.79 Å². The van der Waals surface area contributed by atoms with Gasteiger partial charge in [0.25, 0.3) is 0 Å². The number of Topliss-reactive ketones (excluding diaryl/α,β-unsaturated/α-hetero) is 1. The average molecular weight is 315 g/mol. The van der Waals surface area contributed by atoms with Crippen LogP contribution in [-0.2, 0) is 4.79 Å². The minimum atomic E-state index is 0.318. The lowest BCUT2D eigenvalue weighted by atomic mass is 9.49. The van der Waals surface area contributed by atoms with Crippen molar-refractivity contribution < 1.29 is 4.79 Å². The molecule has 2 fully saturated rings. The third-order valence-electron chi connectivity index (χ3n) is 7.55. The summed E-state index contributed by atoms with van der Waals surface area (Å²) in [4.78, 5) is 11.9. The van der Waals surface area contributed by atoms with Crippen LogP contribution >= 0.6 is 0 Å². The van der Waals surface area contributed by atoms with Crippen molar-refractivity contribution in [2.45, 2.75) is 79.1 Å². The van der Waals surface area contributed by atoms with Crippen LogP contribution in [0.4, 0.5) is 0 Å². The molecule has 0 heterocycles. The van der Waals surface area contributed by atoms with E-state index in [1.165, 1.54) is 25.7 Å². The molecule has 0 aromatic rings. The van der Waals surface area contributed by atoms with E-state index >= 15 is 0 Å². The summed E-state index contributed by atoms with van der Waals surface area (Å²) >= 11 is 0. The largest absolute Gasteiger partial charge is 0.300 e. The van der Waals surface area contributed by atoms with Gasteiger partial charge in [-0.15, -0.1) is 0 Å². The van der Waals surface area contributed by atoms with E-state index in [9.17, 15) is 4.79 Å². The lowest BCUT2D eigenvalue weighted by molar-refractivity contribution is -0.119. The minimum absolute atomic E-state index is 0.318. The Morgan fingerprint density at radius 1 is 1.00 bits per heavy atom. The first kappa shape index (κ1) is 17.0. The molecule has 0 amide bonds. The second-order valence-corrected chi connectivity index (χ2v) is 8.48. The van der Waals surface area contributed by atoms with Crippen molar-refractivity contribution >= 4 is 5.78 Å². The predicted octanol–water partition coefficient (Wildman–Crippen LogP) is 6.10. The molecule has 128 valence electrons. The van der Waals surface area contributed by atoms with Crippen molar-refractivity contribution in [3.63, 3.8) is 0 Å². The van der Waals surface area contributed by atoms with Gasteiger partial charge in [-0.05, 0) is 67.1 Å². The van der Waals surface area contributed by atoms with Gasteiger partial charge in [0, 0.05) is 12.8 Å². The lowest BCUT2D eigenvalue weighted by Crippen LogP contribution is -2.47. The molecular weight excluding hydrogens is 280 g/mol. The molecular formula is C22H34O. The highest BCUT2D eigenvalue weighted by Gasteiger charge is 2.53. The van der Waals surface area contributed by atoms with Crippen LogP contribution in [0.15, 0.2) is 23.8 Å². The Hall–Kier alpha value is -0.850. The highest BCUT2D eigenvalue weighted by atomic mass is 16.1. The van der Waals surface area contributed by atoms with E-state index in [1.807, 2.05) is 13.8 Å². The zero-order valence-corrected chi connectivity index (χ0v) is 15.5. The molecule has 4 rings (SSSR count). The van der Waals surface area contributed by atoms with Crippen LogP contribution in [0.2, 0.25) is 0 Å². The number of hydrogen-bond donors (Lipinski definition) is 0. The first-order chi connectivity index (χ1) is 11.0. The Balaban J connectivity index is 0.000000753. The minimum Gasteiger partial charge on any atom is -0.300 e. The van der Waals surface area contributed by atoms with E-state index in [4.69, 9.17) is 0 Å². The summed E-state index contributed by atoms with van der Waals surface area (Å²) in [6.45, 7) is 8.97. The van der Waals surface area contributed by atoms with Crippen molar-refractivity contribution in [3.8, 4) is 0 Å². The molecule has 0 aromatic heterocycles. The fraction of sp³-hybridized carbons (Fsp3) is 0.773. The monoisotopic (exact) mass is 314 g/mol. The topological polar surface area (TPSA) is 17.1 Å². The van der Waals surface area contributed by atoms with Gasteiger partial charge in [-0.2, -0.15) is 0 Å². The third-order valence-corrected chi connectivity index (χ3v) is 7.55. The SMILES string of the molecule is CC.CC12C=CCC1C1CC=C3CCC(=O)CCC3(C)C1CC2. The summed E-state index contributed by atoms with van der Waals surface area (Å²) in [5, 5.41) is 0. The van der Waals surface area contributed by atoms with Gasteiger partial charge in [0.2, 0.25) is 0 Å². The number of carbonyl (C=O) groups is 1. The van der Waals surface area contributed by atoms with Gasteiger partial charge in [0.05, 0.1) is 0 Å². The van der Waals surface area contributed by atoms with E-state index in [0.717, 1.165) is 43.4 Å². The van der Waals surface area contributed by atoms with Crippen LogP contribution in [0.25, 0.3) is 0 Å². The molecule has 4 aliphatic rings. The van der Waals surface area contributed by atoms with Crippen LogP contribution in [0.3, 0.4) is 0 Å². The third kappa shape index (κ3) is 2.65. The Morgan fingerprint density at radius 3 is 2.57 bits per heavy atom. The predicted molar refractivity (Wildman–Crippen MR) is 97.2 cm³/mol. The number of carbonyl (C=O) groups excluding carboxylic acids is 1. The Bertz CT molecular complexity index is 528. The Morgan fingerprint density at radius 2 is 1.78 bits per heavy atom. The number of allylic oxidation sites excluding steroid dienone is 4. The first-order valence-electron chi connectivity index (χ1n) is 9.92. The van der Waals surface area contributed by atoms with Gasteiger partial charge in [0.15, 0.2) is 0 Å². The van der Waals surface area contributed by atoms with E-state index in [2.05, 4.69) is 32.1 Å². The van der Waals surface area contributed by atoms with Crippen LogP contribution in [-0.4, -0.2) is 5.78 Å². The highest BCUT2D eigenvalue weighted by Crippen LogP contribution is 2.62. The fourth-order valence-corrected chi connectivity index (χ4v) is 6.17. The zero-order chi connectivity index (χ0) is 16.7. The molecule has 0 spiro atoms.